The molecular formula is C13H24N2O3. The van der Waals surface area contributed by atoms with Gasteiger partial charge in [-0.15, -0.1) is 0 Å². The maximum atomic E-state index is 11.5. The summed E-state index contributed by atoms with van der Waals surface area (Å²) in [6.07, 6.45) is 2.07. The van der Waals surface area contributed by atoms with Crippen LogP contribution in [0.15, 0.2) is 0 Å². The summed E-state index contributed by atoms with van der Waals surface area (Å²) < 4.78 is 10.2. The molecule has 18 heavy (non-hydrogen) atoms. The molecule has 1 atom stereocenters. The van der Waals surface area contributed by atoms with Crippen LogP contribution in [0, 0.1) is 5.92 Å². The van der Waals surface area contributed by atoms with Crippen molar-refractivity contribution in [3.8, 4) is 0 Å². The van der Waals surface area contributed by atoms with Crippen molar-refractivity contribution in [1.29, 1.82) is 0 Å². The number of piperidine rings is 1. The molecule has 5 heteroatoms. The zero-order valence-electron chi connectivity index (χ0n) is 11.3. The third-order valence-corrected chi connectivity index (χ3v) is 3.88. The monoisotopic (exact) mass is 256 g/mol. The Kier molecular flexibility index (Phi) is 5.41. The van der Waals surface area contributed by atoms with E-state index in [0.717, 1.165) is 65.3 Å². The van der Waals surface area contributed by atoms with E-state index in [1.54, 1.807) is 0 Å². The number of carbonyl (C=O) groups excluding carboxylic acids is 1. The summed E-state index contributed by atoms with van der Waals surface area (Å²) in [6.45, 7) is 7.87. The lowest BCUT2D eigenvalue weighted by atomic mass is 9.98. The van der Waals surface area contributed by atoms with Gasteiger partial charge >= 0.3 is 5.97 Å². The van der Waals surface area contributed by atoms with Gasteiger partial charge in [-0.05, 0) is 19.4 Å². The van der Waals surface area contributed by atoms with Gasteiger partial charge in [-0.1, -0.05) is 0 Å². The Labute approximate surface area is 109 Å². The summed E-state index contributed by atoms with van der Waals surface area (Å²) in [5.41, 5.74) is 0. The first-order valence-corrected chi connectivity index (χ1v) is 6.90. The van der Waals surface area contributed by atoms with Crippen LogP contribution in [0.4, 0.5) is 0 Å². The third kappa shape index (κ3) is 3.93. The van der Waals surface area contributed by atoms with Crippen LogP contribution in [0.1, 0.15) is 12.8 Å². The van der Waals surface area contributed by atoms with E-state index in [2.05, 4.69) is 9.80 Å². The van der Waals surface area contributed by atoms with Crippen LogP contribution in [-0.4, -0.2) is 75.4 Å². The maximum absolute atomic E-state index is 11.5. The van der Waals surface area contributed by atoms with E-state index in [1.165, 1.54) is 7.11 Å². The Morgan fingerprint density at radius 1 is 1.22 bits per heavy atom. The van der Waals surface area contributed by atoms with E-state index >= 15 is 0 Å². The van der Waals surface area contributed by atoms with Crippen molar-refractivity contribution in [2.45, 2.75) is 12.8 Å². The summed E-state index contributed by atoms with van der Waals surface area (Å²) in [7, 11) is 1.48. The van der Waals surface area contributed by atoms with Gasteiger partial charge in [-0.3, -0.25) is 9.69 Å². The fraction of sp³-hybridized carbons (Fsp3) is 0.923. The van der Waals surface area contributed by atoms with Crippen LogP contribution in [-0.2, 0) is 14.3 Å². The van der Waals surface area contributed by atoms with Crippen molar-refractivity contribution in [2.75, 3.05) is 59.6 Å². The number of ether oxygens (including phenoxy) is 2. The Balaban J connectivity index is 1.70. The van der Waals surface area contributed by atoms with Crippen LogP contribution >= 0.6 is 0 Å². The van der Waals surface area contributed by atoms with Gasteiger partial charge in [-0.2, -0.15) is 0 Å². The molecule has 0 bridgehead atoms. The first-order chi connectivity index (χ1) is 8.79. The second kappa shape index (κ2) is 7.07. The van der Waals surface area contributed by atoms with Crippen LogP contribution in [0.5, 0.6) is 0 Å². The molecule has 0 radical (unpaired) electrons. The lowest BCUT2D eigenvalue weighted by Gasteiger charge is -2.34. The van der Waals surface area contributed by atoms with Crippen LogP contribution in [0.3, 0.4) is 0 Å². The molecule has 0 N–H and O–H groups in total. The topological polar surface area (TPSA) is 42.0 Å². The van der Waals surface area contributed by atoms with Crippen molar-refractivity contribution in [3.63, 3.8) is 0 Å². The fourth-order valence-electron chi connectivity index (χ4n) is 2.73. The predicted octanol–water partition coefficient (Wildman–Crippen LogP) is 0.204. The average molecular weight is 256 g/mol. The molecule has 2 aliphatic rings. The lowest BCUT2D eigenvalue weighted by Crippen LogP contribution is -2.45. The van der Waals surface area contributed by atoms with Crippen molar-refractivity contribution < 1.29 is 14.3 Å². The van der Waals surface area contributed by atoms with Gasteiger partial charge in [0.05, 0.1) is 26.2 Å². The van der Waals surface area contributed by atoms with Crippen molar-refractivity contribution >= 4 is 5.97 Å². The SMILES string of the molecule is COC(=O)[C@H]1CCCN(CCN2CCOCC2)C1. The number of likely N-dealkylation sites (tertiary alicyclic amines) is 1. The highest BCUT2D eigenvalue weighted by Crippen LogP contribution is 2.17. The van der Waals surface area contributed by atoms with Crippen molar-refractivity contribution in [3.05, 3.63) is 0 Å². The van der Waals surface area contributed by atoms with Gasteiger partial charge in [0.2, 0.25) is 0 Å². The van der Waals surface area contributed by atoms with E-state index in [1.807, 2.05) is 0 Å². The van der Waals surface area contributed by atoms with E-state index in [4.69, 9.17) is 9.47 Å². The Morgan fingerprint density at radius 3 is 2.67 bits per heavy atom. The highest BCUT2D eigenvalue weighted by Gasteiger charge is 2.26. The molecule has 2 heterocycles. The van der Waals surface area contributed by atoms with E-state index < -0.39 is 0 Å². The second-order valence-electron chi connectivity index (χ2n) is 5.12. The largest absolute Gasteiger partial charge is 0.469 e. The Morgan fingerprint density at radius 2 is 1.94 bits per heavy atom. The molecule has 5 nitrogen and oxygen atoms in total. The molecule has 0 unspecified atom stereocenters. The average Bonchev–Trinajstić information content (AvgIpc) is 2.45. The molecule has 2 aliphatic heterocycles. The number of esters is 1. The van der Waals surface area contributed by atoms with Gasteiger partial charge in [0.1, 0.15) is 0 Å². The number of morpholine rings is 1. The van der Waals surface area contributed by atoms with E-state index in [-0.39, 0.29) is 11.9 Å². The Bertz CT molecular complexity index is 267. The summed E-state index contributed by atoms with van der Waals surface area (Å²) in [4.78, 5) is 16.4. The fourth-order valence-corrected chi connectivity index (χ4v) is 2.73. The first-order valence-electron chi connectivity index (χ1n) is 6.90. The lowest BCUT2D eigenvalue weighted by molar-refractivity contribution is -0.147. The number of methoxy groups -OCH3 is 1. The highest BCUT2D eigenvalue weighted by molar-refractivity contribution is 5.72. The van der Waals surface area contributed by atoms with E-state index in [9.17, 15) is 4.79 Å². The zero-order chi connectivity index (χ0) is 12.8. The molecule has 2 rings (SSSR count). The number of hydrogen-bond donors (Lipinski definition) is 0. The van der Waals surface area contributed by atoms with Gasteiger partial charge in [0, 0.05) is 32.7 Å². The van der Waals surface area contributed by atoms with Crippen LogP contribution in [0.25, 0.3) is 0 Å². The molecule has 0 aliphatic carbocycles. The van der Waals surface area contributed by atoms with Gasteiger partial charge in [-0.25, -0.2) is 0 Å². The van der Waals surface area contributed by atoms with Gasteiger partial charge in [0.25, 0.3) is 0 Å². The minimum atomic E-state index is -0.0499. The molecule has 2 saturated heterocycles. The normalized spacial score (nSPS) is 27.1. The maximum Gasteiger partial charge on any atom is 0.309 e. The summed E-state index contributed by atoms with van der Waals surface area (Å²) in [5, 5.41) is 0. The third-order valence-electron chi connectivity index (χ3n) is 3.88. The first kappa shape index (κ1) is 13.8. The van der Waals surface area contributed by atoms with Crippen molar-refractivity contribution in [1.82, 2.24) is 9.80 Å². The van der Waals surface area contributed by atoms with Crippen LogP contribution in [0.2, 0.25) is 0 Å². The van der Waals surface area contributed by atoms with E-state index in [0.29, 0.717) is 0 Å². The summed E-state index contributed by atoms with van der Waals surface area (Å²) in [5.74, 6) is 0.0273. The molecule has 104 valence electrons. The number of carbonyl (C=O) groups is 1. The number of hydrogen-bond acceptors (Lipinski definition) is 5. The zero-order valence-corrected chi connectivity index (χ0v) is 11.3. The minimum absolute atomic E-state index is 0.0499. The molecule has 2 fully saturated rings. The van der Waals surface area contributed by atoms with Crippen molar-refractivity contribution in [2.24, 2.45) is 5.92 Å². The smallest absolute Gasteiger partial charge is 0.309 e. The van der Waals surface area contributed by atoms with Gasteiger partial charge < -0.3 is 14.4 Å². The van der Waals surface area contributed by atoms with Gasteiger partial charge in [0.15, 0.2) is 0 Å². The summed E-state index contributed by atoms with van der Waals surface area (Å²) in [6, 6.07) is 0. The summed E-state index contributed by atoms with van der Waals surface area (Å²) >= 11 is 0. The predicted molar refractivity (Wildman–Crippen MR) is 68.4 cm³/mol. The minimum Gasteiger partial charge on any atom is -0.469 e. The quantitative estimate of drug-likeness (QED) is 0.672. The second-order valence-corrected chi connectivity index (χ2v) is 5.12. The number of rotatable bonds is 4. The molecule has 0 spiro atoms. The molecule has 0 aromatic carbocycles. The number of nitrogens with zero attached hydrogens (tertiary/aromatic N) is 2. The molecular weight excluding hydrogens is 232 g/mol. The highest BCUT2D eigenvalue weighted by atomic mass is 16.5. The standard InChI is InChI=1S/C13H24N2O3/c1-17-13(16)12-3-2-4-15(11-12)6-5-14-7-9-18-10-8-14/h12H,2-11H2,1H3/t12-/m0/s1. The molecule has 0 saturated carbocycles. The molecule has 0 amide bonds. The molecule has 0 aromatic rings. The van der Waals surface area contributed by atoms with Crippen LogP contribution < -0.4 is 0 Å². The Hall–Kier alpha value is -0.650. The molecule has 0 aromatic heterocycles.